The Morgan fingerprint density at radius 1 is 0.700 bits per heavy atom. The fraction of sp³-hybridized carbons (Fsp3) is 0.783. The van der Waals surface area contributed by atoms with Crippen molar-refractivity contribution in [2.75, 3.05) is 26.2 Å². The quantitative estimate of drug-likeness (QED) is 0.165. The van der Waals surface area contributed by atoms with Crippen molar-refractivity contribution < 1.29 is 34.2 Å². The summed E-state index contributed by atoms with van der Waals surface area (Å²) < 4.78 is -0.546. The summed E-state index contributed by atoms with van der Waals surface area (Å²) in [5.74, 6) is -3.88. The van der Waals surface area contributed by atoms with Crippen molar-refractivity contribution in [1.82, 2.24) is 0 Å². The van der Waals surface area contributed by atoms with E-state index in [0.717, 1.165) is 12.8 Å². The molecule has 0 aromatic heterocycles. The highest BCUT2D eigenvalue weighted by Gasteiger charge is 2.33. The molecule has 0 bridgehead atoms. The number of carboxylic acid groups (broad SMARTS) is 3. The van der Waals surface area contributed by atoms with Gasteiger partial charge in [0.05, 0.1) is 12.5 Å². The number of hydrogen-bond donors (Lipinski definition) is 2. The van der Waals surface area contributed by atoms with Crippen LogP contribution in [0.3, 0.4) is 0 Å². The van der Waals surface area contributed by atoms with E-state index in [1.165, 1.54) is 64.2 Å². The number of nitrogens with zero attached hydrogens (tertiary/aromatic N) is 1. The molecule has 0 aliphatic carbocycles. The van der Waals surface area contributed by atoms with Crippen molar-refractivity contribution in [3.8, 4) is 0 Å². The van der Waals surface area contributed by atoms with Crippen LogP contribution in [0, 0.1) is 0 Å². The smallest absolute Gasteiger partial charge is 0.359 e. The third-order valence-electron chi connectivity index (χ3n) is 5.32. The maximum Gasteiger partial charge on any atom is 0.359 e. The van der Waals surface area contributed by atoms with Crippen molar-refractivity contribution >= 4 is 17.9 Å². The van der Waals surface area contributed by atoms with Crippen LogP contribution in [-0.2, 0) is 14.4 Å². The van der Waals surface area contributed by atoms with Gasteiger partial charge in [-0.3, -0.25) is 0 Å². The molecule has 30 heavy (non-hydrogen) atoms. The summed E-state index contributed by atoms with van der Waals surface area (Å²) in [4.78, 5) is 33.2. The molecule has 0 aromatic carbocycles. The van der Waals surface area contributed by atoms with Crippen molar-refractivity contribution in [2.24, 2.45) is 0 Å². The number of rotatable bonds is 21. The molecular formula is C23H41NO6. The van der Waals surface area contributed by atoms with Gasteiger partial charge in [0.15, 0.2) is 13.1 Å². The first-order valence-corrected chi connectivity index (χ1v) is 11.4. The number of quaternary nitrogens is 1. The monoisotopic (exact) mass is 427 g/mol. The van der Waals surface area contributed by atoms with Crippen LogP contribution in [0.5, 0.6) is 0 Å². The zero-order valence-corrected chi connectivity index (χ0v) is 18.7. The van der Waals surface area contributed by atoms with Gasteiger partial charge in [-0.05, 0) is 12.8 Å². The minimum atomic E-state index is -1.44. The molecule has 0 saturated heterocycles. The molecule has 7 nitrogen and oxygen atoms in total. The fourth-order valence-corrected chi connectivity index (χ4v) is 3.76. The van der Waals surface area contributed by atoms with Gasteiger partial charge in [-0.25, -0.2) is 9.59 Å². The lowest BCUT2D eigenvalue weighted by Gasteiger charge is -2.35. The molecule has 0 atom stereocenters. The summed E-state index contributed by atoms with van der Waals surface area (Å²) in [6, 6.07) is 0. The number of hydrogen-bond acceptors (Lipinski definition) is 4. The lowest BCUT2D eigenvalue weighted by atomic mass is 10.1. The Morgan fingerprint density at radius 2 is 1.13 bits per heavy atom. The Balaban J connectivity index is 4.01. The molecule has 0 saturated carbocycles. The fourth-order valence-electron chi connectivity index (χ4n) is 3.76. The maximum absolute atomic E-state index is 11.1. The van der Waals surface area contributed by atoms with Crippen molar-refractivity contribution in [1.29, 1.82) is 0 Å². The number of unbranched alkanes of at least 4 members (excludes halogenated alkanes) is 11. The van der Waals surface area contributed by atoms with Gasteiger partial charge in [-0.2, -0.15) is 0 Å². The Morgan fingerprint density at radius 3 is 1.57 bits per heavy atom. The second-order valence-electron chi connectivity index (χ2n) is 8.28. The zero-order chi connectivity index (χ0) is 22.7. The number of carboxylic acids is 3. The van der Waals surface area contributed by atoms with Gasteiger partial charge in [0, 0.05) is 6.42 Å². The van der Waals surface area contributed by atoms with Crippen molar-refractivity contribution in [3.05, 3.63) is 12.2 Å². The molecule has 0 aromatic rings. The van der Waals surface area contributed by atoms with Crippen molar-refractivity contribution in [2.45, 2.75) is 90.4 Å². The first kappa shape index (κ1) is 28.1. The zero-order valence-electron chi connectivity index (χ0n) is 18.7. The van der Waals surface area contributed by atoms with Gasteiger partial charge in [-0.1, -0.05) is 83.3 Å². The number of allylic oxidation sites excluding steroid dienone is 1. The molecule has 7 heteroatoms. The lowest BCUT2D eigenvalue weighted by molar-refractivity contribution is -0.908. The highest BCUT2D eigenvalue weighted by molar-refractivity contribution is 5.72. The molecule has 174 valence electrons. The van der Waals surface area contributed by atoms with Crippen LogP contribution >= 0.6 is 0 Å². The summed E-state index contributed by atoms with van der Waals surface area (Å²) in [5, 5.41) is 29.1. The standard InChI is InChI=1S/C23H41NO6/c1-2-3-4-5-6-7-8-9-10-11-12-13-14-15-16-17-24(18-21(25)26,19-22(27)28)20-23(29)30/h14-15H,2-13,16-20H2,1H3,(H2-,25,26,27,28,29,30)/b15-14+. The summed E-state index contributed by atoms with van der Waals surface area (Å²) in [6.07, 6.45) is 19.4. The van der Waals surface area contributed by atoms with Crippen LogP contribution in [0.4, 0.5) is 0 Å². The second kappa shape index (κ2) is 17.9. The first-order valence-electron chi connectivity index (χ1n) is 11.4. The van der Waals surface area contributed by atoms with Crippen LogP contribution in [0.1, 0.15) is 90.4 Å². The predicted molar refractivity (Wildman–Crippen MR) is 115 cm³/mol. The van der Waals surface area contributed by atoms with E-state index >= 15 is 0 Å². The topological polar surface area (TPSA) is 115 Å². The molecule has 0 rings (SSSR count). The number of carbonyl (C=O) groups is 3. The maximum atomic E-state index is 11.1. The van der Waals surface area contributed by atoms with E-state index < -0.39 is 42.0 Å². The van der Waals surface area contributed by atoms with Crippen LogP contribution in [0.15, 0.2) is 12.2 Å². The molecular weight excluding hydrogens is 386 g/mol. The Bertz CT molecular complexity index is 477. The third kappa shape index (κ3) is 17.0. The molecule has 0 aliphatic rings. The SMILES string of the molecule is CCCCCCCCCCCCC/C=C/CC[N+](CC(=O)[O-])(CC(=O)O)CC(=O)O. The number of carbonyl (C=O) groups excluding carboxylic acids is 1. The molecule has 0 heterocycles. The highest BCUT2D eigenvalue weighted by atomic mass is 16.4. The minimum Gasteiger partial charge on any atom is -0.544 e. The first-order chi connectivity index (χ1) is 14.3. The Labute approximate surface area is 181 Å². The van der Waals surface area contributed by atoms with Gasteiger partial charge in [0.2, 0.25) is 0 Å². The highest BCUT2D eigenvalue weighted by Crippen LogP contribution is 2.13. The van der Waals surface area contributed by atoms with E-state index in [4.69, 9.17) is 10.2 Å². The molecule has 0 radical (unpaired) electrons. The van der Waals surface area contributed by atoms with E-state index in [-0.39, 0.29) is 6.54 Å². The van der Waals surface area contributed by atoms with E-state index in [2.05, 4.69) is 6.92 Å². The molecule has 0 aliphatic heterocycles. The van der Waals surface area contributed by atoms with Gasteiger partial charge < -0.3 is 24.6 Å². The van der Waals surface area contributed by atoms with Crippen LogP contribution in [0.25, 0.3) is 0 Å². The normalized spacial score (nSPS) is 11.8. The molecule has 0 amide bonds. The third-order valence-corrected chi connectivity index (χ3v) is 5.32. The molecule has 2 N–H and O–H groups in total. The average molecular weight is 428 g/mol. The van der Waals surface area contributed by atoms with E-state index in [9.17, 15) is 19.5 Å². The average Bonchev–Trinajstić information content (AvgIpc) is 2.63. The minimum absolute atomic E-state index is 0.140. The molecule has 0 unspecified atom stereocenters. The van der Waals surface area contributed by atoms with E-state index in [1.54, 1.807) is 0 Å². The van der Waals surface area contributed by atoms with Crippen LogP contribution < -0.4 is 5.11 Å². The lowest BCUT2D eigenvalue weighted by Crippen LogP contribution is -2.59. The number of aliphatic carboxylic acids is 3. The largest absolute Gasteiger partial charge is 0.544 e. The summed E-state index contributed by atoms with van der Waals surface area (Å²) in [6.45, 7) is 0.656. The van der Waals surface area contributed by atoms with E-state index in [1.807, 2.05) is 12.2 Å². The van der Waals surface area contributed by atoms with E-state index in [0.29, 0.717) is 6.42 Å². The summed E-state index contributed by atoms with van der Waals surface area (Å²) in [7, 11) is 0. The Kier molecular flexibility index (Phi) is 16.8. The summed E-state index contributed by atoms with van der Waals surface area (Å²) >= 11 is 0. The van der Waals surface area contributed by atoms with Gasteiger partial charge in [0.1, 0.15) is 6.54 Å². The van der Waals surface area contributed by atoms with Gasteiger partial charge in [0.25, 0.3) is 0 Å². The predicted octanol–water partition coefficient (Wildman–Crippen LogP) is 3.37. The molecule has 0 fully saturated rings. The Hall–Kier alpha value is -1.89. The van der Waals surface area contributed by atoms with Crippen molar-refractivity contribution in [3.63, 3.8) is 0 Å². The van der Waals surface area contributed by atoms with Gasteiger partial charge in [-0.15, -0.1) is 0 Å². The second-order valence-corrected chi connectivity index (χ2v) is 8.28. The van der Waals surface area contributed by atoms with Gasteiger partial charge >= 0.3 is 11.9 Å². The van der Waals surface area contributed by atoms with Crippen LogP contribution in [-0.4, -0.2) is 58.8 Å². The van der Waals surface area contributed by atoms with Crippen LogP contribution in [0.2, 0.25) is 0 Å². The molecule has 0 spiro atoms. The summed E-state index contributed by atoms with van der Waals surface area (Å²) in [5.41, 5.74) is 0.